The van der Waals surface area contributed by atoms with E-state index in [2.05, 4.69) is 15.9 Å². The van der Waals surface area contributed by atoms with Crippen LogP contribution < -0.4 is 0 Å². The molecule has 100 valence electrons. The van der Waals surface area contributed by atoms with Gasteiger partial charge in [0, 0.05) is 30.2 Å². The van der Waals surface area contributed by atoms with E-state index in [-0.39, 0.29) is 12.5 Å². The zero-order valence-electron chi connectivity index (χ0n) is 10.9. The molecule has 0 spiro atoms. The lowest BCUT2D eigenvalue weighted by Crippen LogP contribution is -2.28. The quantitative estimate of drug-likeness (QED) is 0.820. The van der Waals surface area contributed by atoms with E-state index in [1.807, 2.05) is 32.2 Å². The number of rotatable bonds is 6. The van der Waals surface area contributed by atoms with E-state index in [0.29, 0.717) is 0 Å². The highest BCUT2D eigenvalue weighted by Gasteiger charge is 2.13. The first-order valence-electron chi connectivity index (χ1n) is 6.18. The molecule has 1 N–H and O–H groups in total. The van der Waals surface area contributed by atoms with Crippen LogP contribution in [0.2, 0.25) is 0 Å². The van der Waals surface area contributed by atoms with E-state index in [0.717, 1.165) is 41.4 Å². The normalized spacial score (nSPS) is 10.4. The minimum absolute atomic E-state index is 0.0535. The molecular weight excluding hydrogens is 294 g/mol. The van der Waals surface area contributed by atoms with Gasteiger partial charge < -0.3 is 10.0 Å². The molecular formula is C14H20BrNO2. The van der Waals surface area contributed by atoms with Gasteiger partial charge in [-0.2, -0.15) is 0 Å². The first-order chi connectivity index (χ1) is 8.56. The van der Waals surface area contributed by atoms with Gasteiger partial charge in [0.15, 0.2) is 0 Å². The molecule has 0 atom stereocenters. The molecule has 4 heteroatoms. The number of aryl methyl sites for hydroxylation is 1. The summed E-state index contributed by atoms with van der Waals surface area (Å²) in [6.07, 6.45) is 2.68. The van der Waals surface area contributed by atoms with Crippen LogP contribution in [0.5, 0.6) is 0 Å². The van der Waals surface area contributed by atoms with E-state index in [4.69, 9.17) is 5.11 Å². The van der Waals surface area contributed by atoms with Gasteiger partial charge in [-0.3, -0.25) is 4.79 Å². The smallest absolute Gasteiger partial charge is 0.253 e. The lowest BCUT2D eigenvalue weighted by molar-refractivity contribution is 0.0791. The Balaban J connectivity index is 2.60. The Morgan fingerprint density at radius 3 is 2.72 bits per heavy atom. The van der Waals surface area contributed by atoms with Crippen molar-refractivity contribution in [1.82, 2.24) is 4.90 Å². The number of aliphatic hydroxyl groups is 1. The molecule has 0 heterocycles. The highest BCUT2D eigenvalue weighted by atomic mass is 79.9. The molecule has 0 fully saturated rings. The maximum Gasteiger partial charge on any atom is 0.253 e. The average Bonchev–Trinajstić information content (AvgIpc) is 2.36. The first-order valence-corrected chi connectivity index (χ1v) is 6.98. The molecule has 0 bridgehead atoms. The summed E-state index contributed by atoms with van der Waals surface area (Å²) in [5.74, 6) is 0.0535. The van der Waals surface area contributed by atoms with Crippen LogP contribution in [0.3, 0.4) is 0 Å². The fourth-order valence-corrected chi connectivity index (χ4v) is 2.13. The zero-order valence-corrected chi connectivity index (χ0v) is 12.5. The summed E-state index contributed by atoms with van der Waals surface area (Å²) in [6, 6.07) is 5.74. The molecule has 3 nitrogen and oxygen atoms in total. The Hall–Kier alpha value is -0.870. The molecule has 0 radical (unpaired) electrons. The standard InChI is InChI=1S/C14H20BrNO2/c1-11-6-7-12(15)10-13(11)14(18)16(2)8-4-3-5-9-17/h6-7,10,17H,3-5,8-9H2,1-2H3. The van der Waals surface area contributed by atoms with Gasteiger partial charge in [0.25, 0.3) is 5.91 Å². The van der Waals surface area contributed by atoms with Crippen LogP contribution in [-0.4, -0.2) is 36.1 Å². The third-order valence-electron chi connectivity index (χ3n) is 2.93. The molecule has 0 aliphatic heterocycles. The second-order valence-corrected chi connectivity index (χ2v) is 5.39. The van der Waals surface area contributed by atoms with Crippen molar-refractivity contribution >= 4 is 21.8 Å². The van der Waals surface area contributed by atoms with Crippen LogP contribution in [0.1, 0.15) is 35.2 Å². The average molecular weight is 314 g/mol. The fourth-order valence-electron chi connectivity index (χ4n) is 1.77. The number of unbranched alkanes of at least 4 members (excludes halogenated alkanes) is 2. The number of amides is 1. The third kappa shape index (κ3) is 4.42. The molecule has 1 amide bonds. The van der Waals surface area contributed by atoms with E-state index in [9.17, 15) is 4.79 Å². The molecule has 0 aliphatic rings. The van der Waals surface area contributed by atoms with Crippen molar-refractivity contribution in [1.29, 1.82) is 0 Å². The van der Waals surface area contributed by atoms with Gasteiger partial charge in [-0.05, 0) is 43.9 Å². The van der Waals surface area contributed by atoms with E-state index < -0.39 is 0 Å². The van der Waals surface area contributed by atoms with Gasteiger partial charge in [-0.1, -0.05) is 22.0 Å². The Labute approximate surface area is 117 Å². The zero-order chi connectivity index (χ0) is 13.5. The molecule has 0 saturated heterocycles. The Morgan fingerprint density at radius 1 is 1.33 bits per heavy atom. The number of carbonyl (C=O) groups is 1. The summed E-state index contributed by atoms with van der Waals surface area (Å²) < 4.78 is 0.921. The van der Waals surface area contributed by atoms with Crippen molar-refractivity contribution in [2.24, 2.45) is 0 Å². The Kier molecular flexibility index (Phi) is 6.36. The molecule has 0 saturated carbocycles. The number of aliphatic hydroxyl groups excluding tert-OH is 1. The summed E-state index contributed by atoms with van der Waals surface area (Å²) in [4.78, 5) is 14.0. The number of carbonyl (C=O) groups excluding carboxylic acids is 1. The van der Waals surface area contributed by atoms with Crippen molar-refractivity contribution in [2.75, 3.05) is 20.2 Å². The molecule has 0 aromatic heterocycles. The van der Waals surface area contributed by atoms with Crippen LogP contribution in [0.25, 0.3) is 0 Å². The molecule has 1 rings (SSSR count). The number of halogens is 1. The van der Waals surface area contributed by atoms with E-state index in [1.165, 1.54) is 0 Å². The van der Waals surface area contributed by atoms with Gasteiger partial charge in [0.1, 0.15) is 0 Å². The summed E-state index contributed by atoms with van der Waals surface area (Å²) >= 11 is 3.39. The molecule has 1 aromatic rings. The molecule has 18 heavy (non-hydrogen) atoms. The number of hydrogen-bond acceptors (Lipinski definition) is 2. The number of benzene rings is 1. The van der Waals surface area contributed by atoms with Gasteiger partial charge in [-0.15, -0.1) is 0 Å². The third-order valence-corrected chi connectivity index (χ3v) is 3.42. The minimum atomic E-state index is 0.0535. The largest absolute Gasteiger partial charge is 0.396 e. The lowest BCUT2D eigenvalue weighted by Gasteiger charge is -2.18. The lowest BCUT2D eigenvalue weighted by atomic mass is 10.1. The Bertz CT molecular complexity index is 407. The topological polar surface area (TPSA) is 40.5 Å². The summed E-state index contributed by atoms with van der Waals surface area (Å²) in [6.45, 7) is 2.90. The maximum absolute atomic E-state index is 12.2. The molecule has 1 aromatic carbocycles. The van der Waals surface area contributed by atoms with Gasteiger partial charge >= 0.3 is 0 Å². The van der Waals surface area contributed by atoms with Crippen molar-refractivity contribution < 1.29 is 9.90 Å². The van der Waals surface area contributed by atoms with Crippen molar-refractivity contribution in [3.8, 4) is 0 Å². The van der Waals surface area contributed by atoms with Gasteiger partial charge in [0.2, 0.25) is 0 Å². The highest BCUT2D eigenvalue weighted by molar-refractivity contribution is 9.10. The first kappa shape index (κ1) is 15.2. The minimum Gasteiger partial charge on any atom is -0.396 e. The van der Waals surface area contributed by atoms with Gasteiger partial charge in [-0.25, -0.2) is 0 Å². The van der Waals surface area contributed by atoms with Crippen molar-refractivity contribution in [3.63, 3.8) is 0 Å². The fraction of sp³-hybridized carbons (Fsp3) is 0.500. The van der Waals surface area contributed by atoms with E-state index in [1.54, 1.807) is 4.90 Å². The van der Waals surface area contributed by atoms with Crippen LogP contribution >= 0.6 is 15.9 Å². The van der Waals surface area contributed by atoms with Crippen molar-refractivity contribution in [3.05, 3.63) is 33.8 Å². The van der Waals surface area contributed by atoms with Crippen molar-refractivity contribution in [2.45, 2.75) is 26.2 Å². The second kappa shape index (κ2) is 7.54. The maximum atomic E-state index is 12.2. The molecule has 0 aliphatic carbocycles. The van der Waals surface area contributed by atoms with E-state index >= 15 is 0 Å². The predicted octanol–water partition coefficient (Wildman–Crippen LogP) is 2.99. The monoisotopic (exact) mass is 313 g/mol. The Morgan fingerprint density at radius 2 is 2.06 bits per heavy atom. The highest BCUT2D eigenvalue weighted by Crippen LogP contribution is 2.17. The van der Waals surface area contributed by atoms with Crippen LogP contribution in [0.15, 0.2) is 22.7 Å². The predicted molar refractivity (Wildman–Crippen MR) is 76.8 cm³/mol. The van der Waals surface area contributed by atoms with Crippen LogP contribution in [0.4, 0.5) is 0 Å². The summed E-state index contributed by atoms with van der Waals surface area (Å²) in [5, 5.41) is 8.70. The summed E-state index contributed by atoms with van der Waals surface area (Å²) in [5.41, 5.74) is 1.74. The molecule has 0 unspecified atom stereocenters. The summed E-state index contributed by atoms with van der Waals surface area (Å²) in [7, 11) is 1.82. The van der Waals surface area contributed by atoms with Gasteiger partial charge in [0.05, 0.1) is 0 Å². The van der Waals surface area contributed by atoms with Crippen LogP contribution in [0, 0.1) is 6.92 Å². The van der Waals surface area contributed by atoms with Crippen LogP contribution in [-0.2, 0) is 0 Å². The second-order valence-electron chi connectivity index (χ2n) is 4.47. The number of hydrogen-bond donors (Lipinski definition) is 1. The SMILES string of the molecule is Cc1ccc(Br)cc1C(=O)N(C)CCCCCO. The number of nitrogens with zero attached hydrogens (tertiary/aromatic N) is 1.